The summed E-state index contributed by atoms with van der Waals surface area (Å²) in [6.07, 6.45) is 0. The summed E-state index contributed by atoms with van der Waals surface area (Å²) in [5.74, 6) is 0.874. The highest BCUT2D eigenvalue weighted by molar-refractivity contribution is 7.91. The first kappa shape index (κ1) is 25.0. The summed E-state index contributed by atoms with van der Waals surface area (Å²) in [6.45, 7) is 8.35. The largest absolute Gasteiger partial charge is 0.490 e. The number of sulfone groups is 1. The number of ether oxygens (including phenoxy) is 3. The third kappa shape index (κ3) is 5.66. The smallest absolute Gasteiger partial charge is 0.322 e. The van der Waals surface area contributed by atoms with Crippen LogP contribution in [0.15, 0.2) is 45.7 Å². The quantitative estimate of drug-likeness (QED) is 0.425. The van der Waals surface area contributed by atoms with Crippen molar-refractivity contribution >= 4 is 21.8 Å². The second-order valence-corrected chi connectivity index (χ2v) is 9.18. The molecule has 0 saturated heterocycles. The van der Waals surface area contributed by atoms with E-state index in [1.807, 2.05) is 20.8 Å². The maximum Gasteiger partial charge on any atom is 0.322 e. The van der Waals surface area contributed by atoms with Crippen molar-refractivity contribution in [3.8, 4) is 28.7 Å². The summed E-state index contributed by atoms with van der Waals surface area (Å²) in [7, 11) is -3.45. The highest BCUT2D eigenvalue weighted by Crippen LogP contribution is 2.41. The number of rotatable bonds is 11. The summed E-state index contributed by atoms with van der Waals surface area (Å²) >= 11 is 0. The van der Waals surface area contributed by atoms with Crippen LogP contribution >= 0.6 is 0 Å². The van der Waals surface area contributed by atoms with Gasteiger partial charge in [-0.2, -0.15) is 0 Å². The van der Waals surface area contributed by atoms with E-state index in [9.17, 15) is 13.2 Å². The minimum atomic E-state index is -3.45. The van der Waals surface area contributed by atoms with E-state index in [1.165, 1.54) is 31.2 Å². The van der Waals surface area contributed by atoms with Gasteiger partial charge < -0.3 is 18.6 Å². The average molecular weight is 490 g/mol. The van der Waals surface area contributed by atoms with Gasteiger partial charge in [-0.05, 0) is 51.1 Å². The Morgan fingerprint density at radius 1 is 0.941 bits per heavy atom. The molecule has 0 aliphatic heterocycles. The molecule has 1 amide bonds. The fraction of sp³-hybridized carbons (Fsp3) is 0.348. The number of hydrogen-bond acceptors (Lipinski definition) is 9. The zero-order chi connectivity index (χ0) is 24.7. The molecule has 182 valence electrons. The number of carbonyl (C=O) groups is 1. The number of hydrogen-bond donors (Lipinski definition) is 1. The van der Waals surface area contributed by atoms with Gasteiger partial charge in [0.1, 0.15) is 0 Å². The molecule has 1 N–H and O–H groups in total. The lowest BCUT2D eigenvalue weighted by molar-refractivity contribution is 0.102. The Kier molecular flexibility index (Phi) is 8.11. The van der Waals surface area contributed by atoms with Crippen LogP contribution in [0.5, 0.6) is 17.2 Å². The summed E-state index contributed by atoms with van der Waals surface area (Å²) in [6, 6.07) is 8.98. The van der Waals surface area contributed by atoms with Crippen LogP contribution in [0, 0.1) is 0 Å². The molecular weight excluding hydrogens is 462 g/mol. The van der Waals surface area contributed by atoms with Crippen LogP contribution in [0.25, 0.3) is 11.5 Å². The predicted octanol–water partition coefficient (Wildman–Crippen LogP) is 3.98. The van der Waals surface area contributed by atoms with Crippen molar-refractivity contribution in [1.29, 1.82) is 0 Å². The molecule has 0 bridgehead atoms. The van der Waals surface area contributed by atoms with Crippen LogP contribution in [-0.4, -0.2) is 50.1 Å². The standard InChI is InChI=1S/C23H27N3O7S/c1-5-30-18-13-16(14-19(31-6-2)20(18)32-7-3)22-25-26-23(33-22)24-21(27)15-10-9-11-17(12-15)34(28,29)8-4/h9-14H,5-8H2,1-4H3,(H,24,26,27). The van der Waals surface area contributed by atoms with Gasteiger partial charge in [0.05, 0.1) is 30.5 Å². The Labute approximate surface area is 198 Å². The van der Waals surface area contributed by atoms with Crippen molar-refractivity contribution in [2.45, 2.75) is 32.6 Å². The summed E-state index contributed by atoms with van der Waals surface area (Å²) < 4.78 is 46.9. The van der Waals surface area contributed by atoms with Crippen LogP contribution in [0.3, 0.4) is 0 Å². The van der Waals surface area contributed by atoms with Crippen LogP contribution in [-0.2, 0) is 9.84 Å². The first-order valence-corrected chi connectivity index (χ1v) is 12.5. The number of carbonyl (C=O) groups excluding carboxylic acids is 1. The van der Waals surface area contributed by atoms with Crippen molar-refractivity contribution in [2.24, 2.45) is 0 Å². The first-order valence-electron chi connectivity index (χ1n) is 10.9. The molecule has 3 aromatic rings. The number of aromatic nitrogens is 2. The molecule has 0 aliphatic carbocycles. The summed E-state index contributed by atoms with van der Waals surface area (Å²) in [5, 5.41) is 10.4. The van der Waals surface area contributed by atoms with Crippen molar-refractivity contribution < 1.29 is 31.8 Å². The molecule has 1 aromatic heterocycles. The van der Waals surface area contributed by atoms with Gasteiger partial charge in [-0.1, -0.05) is 18.1 Å². The van der Waals surface area contributed by atoms with Gasteiger partial charge in [-0.25, -0.2) is 8.42 Å². The SMILES string of the molecule is CCOc1cc(-c2nnc(NC(=O)c3cccc(S(=O)(=O)CC)c3)o2)cc(OCC)c1OCC. The molecule has 0 radical (unpaired) electrons. The van der Waals surface area contributed by atoms with Crippen LogP contribution in [0.2, 0.25) is 0 Å². The Morgan fingerprint density at radius 2 is 1.59 bits per heavy atom. The molecule has 1 heterocycles. The van der Waals surface area contributed by atoms with Crippen molar-refractivity contribution in [3.63, 3.8) is 0 Å². The Hall–Kier alpha value is -3.60. The third-order valence-electron chi connectivity index (χ3n) is 4.64. The second-order valence-electron chi connectivity index (χ2n) is 6.90. The van der Waals surface area contributed by atoms with E-state index in [2.05, 4.69) is 15.5 Å². The number of anilines is 1. The Balaban J connectivity index is 1.88. The topological polar surface area (TPSA) is 130 Å². The van der Waals surface area contributed by atoms with Gasteiger partial charge in [0.25, 0.3) is 5.91 Å². The van der Waals surface area contributed by atoms with E-state index in [1.54, 1.807) is 12.1 Å². The Bertz CT molecular complexity index is 1230. The highest BCUT2D eigenvalue weighted by Gasteiger charge is 2.20. The van der Waals surface area contributed by atoms with E-state index in [0.717, 1.165) is 0 Å². The molecule has 0 atom stereocenters. The lowest BCUT2D eigenvalue weighted by Crippen LogP contribution is -2.13. The first-order chi connectivity index (χ1) is 16.3. The van der Waals surface area contributed by atoms with Crippen molar-refractivity contribution in [2.75, 3.05) is 30.9 Å². The highest BCUT2D eigenvalue weighted by atomic mass is 32.2. The molecule has 0 unspecified atom stereocenters. The van der Waals surface area contributed by atoms with Crippen LogP contribution in [0.4, 0.5) is 6.01 Å². The fourth-order valence-corrected chi connectivity index (χ4v) is 4.00. The van der Waals surface area contributed by atoms with E-state index < -0.39 is 15.7 Å². The van der Waals surface area contributed by atoms with Gasteiger partial charge >= 0.3 is 6.01 Å². The number of nitrogens with one attached hydrogen (secondary N) is 1. The molecule has 0 fully saturated rings. The fourth-order valence-electron chi connectivity index (χ4n) is 3.07. The van der Waals surface area contributed by atoms with Gasteiger partial charge in [0.15, 0.2) is 21.3 Å². The van der Waals surface area contributed by atoms with Crippen molar-refractivity contribution in [3.05, 3.63) is 42.0 Å². The third-order valence-corrected chi connectivity index (χ3v) is 6.37. The molecule has 0 saturated carbocycles. The summed E-state index contributed by atoms with van der Waals surface area (Å²) in [4.78, 5) is 12.7. The average Bonchev–Trinajstić information content (AvgIpc) is 3.30. The lowest BCUT2D eigenvalue weighted by atomic mass is 10.2. The lowest BCUT2D eigenvalue weighted by Gasteiger charge is -2.16. The minimum absolute atomic E-state index is 0.0650. The van der Waals surface area contributed by atoms with Gasteiger partial charge in [-0.15, -0.1) is 5.10 Å². The van der Waals surface area contributed by atoms with Gasteiger partial charge in [0, 0.05) is 11.1 Å². The second kappa shape index (κ2) is 11.0. The maximum atomic E-state index is 12.6. The Morgan fingerprint density at radius 3 is 2.18 bits per heavy atom. The predicted molar refractivity (Wildman–Crippen MR) is 125 cm³/mol. The molecule has 2 aromatic carbocycles. The normalized spacial score (nSPS) is 11.2. The van der Waals surface area contributed by atoms with E-state index >= 15 is 0 Å². The van der Waals surface area contributed by atoms with E-state index in [0.29, 0.717) is 42.6 Å². The minimum Gasteiger partial charge on any atom is -0.490 e. The zero-order valence-corrected chi connectivity index (χ0v) is 20.3. The molecular formula is C23H27N3O7S. The van der Waals surface area contributed by atoms with Crippen LogP contribution in [0.1, 0.15) is 38.1 Å². The van der Waals surface area contributed by atoms with Gasteiger partial charge in [0.2, 0.25) is 11.6 Å². The molecule has 34 heavy (non-hydrogen) atoms. The van der Waals surface area contributed by atoms with E-state index in [-0.39, 0.29) is 28.1 Å². The molecule has 10 nitrogen and oxygen atoms in total. The van der Waals surface area contributed by atoms with Gasteiger partial charge in [-0.3, -0.25) is 10.1 Å². The summed E-state index contributed by atoms with van der Waals surface area (Å²) in [5.41, 5.74) is 0.659. The molecule has 3 rings (SSSR count). The maximum absolute atomic E-state index is 12.6. The monoisotopic (exact) mass is 489 g/mol. The van der Waals surface area contributed by atoms with Crippen LogP contribution < -0.4 is 19.5 Å². The zero-order valence-electron chi connectivity index (χ0n) is 19.5. The van der Waals surface area contributed by atoms with Crippen molar-refractivity contribution in [1.82, 2.24) is 10.2 Å². The molecule has 11 heteroatoms. The number of amides is 1. The van der Waals surface area contributed by atoms with E-state index in [4.69, 9.17) is 18.6 Å². The number of nitrogens with zero attached hydrogens (tertiary/aromatic N) is 2. The molecule has 0 aliphatic rings. The molecule has 0 spiro atoms. The number of benzene rings is 2.